The highest BCUT2D eigenvalue weighted by Crippen LogP contribution is 2.15. The number of hydrogen-bond acceptors (Lipinski definition) is 4. The van der Waals surface area contributed by atoms with Crippen LogP contribution in [0.5, 0.6) is 0 Å². The maximum absolute atomic E-state index is 5.39. The normalized spacial score (nSPS) is 12.6. The van der Waals surface area contributed by atoms with Crippen LogP contribution in [0.25, 0.3) is 0 Å². The fraction of sp³-hybridized carbons (Fsp3) is 0.429. The summed E-state index contributed by atoms with van der Waals surface area (Å²) in [6.45, 7) is 5.08. The summed E-state index contributed by atoms with van der Waals surface area (Å²) in [5.41, 5.74) is 1.07. The predicted octanol–water partition coefficient (Wildman–Crippen LogP) is 2.66. The molecule has 0 radical (unpaired) electrons. The molecule has 2 aromatic heterocycles. The van der Waals surface area contributed by atoms with Gasteiger partial charge in [0.2, 0.25) is 0 Å². The number of aromatic nitrogens is 2. The van der Waals surface area contributed by atoms with E-state index in [0.717, 1.165) is 36.5 Å². The van der Waals surface area contributed by atoms with Crippen LogP contribution in [-0.4, -0.2) is 16.5 Å². The summed E-state index contributed by atoms with van der Waals surface area (Å²) in [6, 6.07) is 3.99. The Morgan fingerprint density at radius 3 is 2.72 bits per heavy atom. The largest absolute Gasteiger partial charge is 0.469 e. The number of nitrogens with zero attached hydrogens (tertiary/aromatic N) is 2. The monoisotopic (exact) mass is 245 g/mol. The van der Waals surface area contributed by atoms with Crippen LogP contribution in [0.1, 0.15) is 36.5 Å². The van der Waals surface area contributed by atoms with Crippen molar-refractivity contribution >= 4 is 0 Å². The summed E-state index contributed by atoms with van der Waals surface area (Å²) in [7, 11) is 0. The van der Waals surface area contributed by atoms with Crippen LogP contribution in [0.15, 0.2) is 35.2 Å². The fourth-order valence-corrected chi connectivity index (χ4v) is 1.79. The summed E-state index contributed by atoms with van der Waals surface area (Å²) in [5.74, 6) is 1.78. The Bertz CT molecular complexity index is 450. The Balaban J connectivity index is 2.11. The van der Waals surface area contributed by atoms with E-state index >= 15 is 0 Å². The molecule has 0 bridgehead atoms. The van der Waals surface area contributed by atoms with Gasteiger partial charge in [0.1, 0.15) is 11.6 Å². The van der Waals surface area contributed by atoms with Crippen molar-refractivity contribution < 1.29 is 4.42 Å². The average molecular weight is 245 g/mol. The zero-order valence-corrected chi connectivity index (χ0v) is 10.9. The molecule has 1 N–H and O–H groups in total. The van der Waals surface area contributed by atoms with Gasteiger partial charge >= 0.3 is 0 Å². The minimum atomic E-state index is 0.108. The van der Waals surface area contributed by atoms with E-state index in [9.17, 15) is 0 Å². The SMILES string of the molecule is CCCNC(Cc1ccco1)c1ncc(C)cn1. The van der Waals surface area contributed by atoms with Gasteiger partial charge in [-0.15, -0.1) is 0 Å². The molecule has 0 aliphatic heterocycles. The van der Waals surface area contributed by atoms with Crippen LogP contribution in [0.4, 0.5) is 0 Å². The van der Waals surface area contributed by atoms with Crippen LogP contribution in [0.2, 0.25) is 0 Å². The maximum Gasteiger partial charge on any atom is 0.145 e. The summed E-state index contributed by atoms with van der Waals surface area (Å²) < 4.78 is 5.39. The van der Waals surface area contributed by atoms with Crippen molar-refractivity contribution in [2.45, 2.75) is 32.7 Å². The van der Waals surface area contributed by atoms with Crippen molar-refractivity contribution in [1.29, 1.82) is 0 Å². The van der Waals surface area contributed by atoms with E-state index in [1.165, 1.54) is 0 Å². The molecule has 96 valence electrons. The molecule has 4 nitrogen and oxygen atoms in total. The van der Waals surface area contributed by atoms with Crippen LogP contribution in [0.3, 0.4) is 0 Å². The van der Waals surface area contributed by atoms with Gasteiger partial charge in [-0.25, -0.2) is 9.97 Å². The Morgan fingerprint density at radius 1 is 1.33 bits per heavy atom. The average Bonchev–Trinajstić information content (AvgIpc) is 2.88. The third kappa shape index (κ3) is 3.40. The van der Waals surface area contributed by atoms with Crippen LogP contribution in [0, 0.1) is 6.92 Å². The van der Waals surface area contributed by atoms with Crippen LogP contribution < -0.4 is 5.32 Å². The Labute approximate surface area is 107 Å². The highest BCUT2D eigenvalue weighted by Gasteiger charge is 2.15. The van der Waals surface area contributed by atoms with Gasteiger partial charge in [-0.1, -0.05) is 6.92 Å². The van der Waals surface area contributed by atoms with E-state index < -0.39 is 0 Å². The molecule has 0 aliphatic rings. The Hall–Kier alpha value is -1.68. The minimum Gasteiger partial charge on any atom is -0.469 e. The highest BCUT2D eigenvalue weighted by molar-refractivity contribution is 5.08. The zero-order valence-electron chi connectivity index (χ0n) is 10.9. The van der Waals surface area contributed by atoms with Gasteiger partial charge < -0.3 is 9.73 Å². The number of furan rings is 1. The molecule has 2 aromatic rings. The van der Waals surface area contributed by atoms with Gasteiger partial charge in [-0.05, 0) is 37.6 Å². The standard InChI is InChI=1S/C14H19N3O/c1-3-6-15-13(8-12-5-4-7-18-12)14-16-9-11(2)10-17-14/h4-5,7,9-10,13,15H,3,6,8H2,1-2H3. The molecule has 0 spiro atoms. The highest BCUT2D eigenvalue weighted by atomic mass is 16.3. The molecule has 2 rings (SSSR count). The van der Waals surface area contributed by atoms with Gasteiger partial charge in [-0.3, -0.25) is 0 Å². The minimum absolute atomic E-state index is 0.108. The predicted molar refractivity (Wildman–Crippen MR) is 70.2 cm³/mol. The summed E-state index contributed by atoms with van der Waals surface area (Å²) in [6.07, 6.45) is 7.26. The molecule has 0 amide bonds. The van der Waals surface area contributed by atoms with E-state index in [-0.39, 0.29) is 6.04 Å². The van der Waals surface area contributed by atoms with Crippen molar-refractivity contribution in [3.05, 3.63) is 47.9 Å². The quantitative estimate of drug-likeness (QED) is 0.850. The second-order valence-electron chi connectivity index (χ2n) is 4.41. The molecule has 0 fully saturated rings. The second kappa shape index (κ2) is 6.31. The molecular weight excluding hydrogens is 226 g/mol. The van der Waals surface area contributed by atoms with Gasteiger partial charge in [0.05, 0.1) is 12.3 Å². The molecule has 1 atom stereocenters. The number of nitrogens with one attached hydrogen (secondary N) is 1. The van der Waals surface area contributed by atoms with Crippen LogP contribution >= 0.6 is 0 Å². The zero-order chi connectivity index (χ0) is 12.8. The first kappa shape index (κ1) is 12.8. The van der Waals surface area contributed by atoms with E-state index in [2.05, 4.69) is 22.2 Å². The first-order valence-corrected chi connectivity index (χ1v) is 6.34. The van der Waals surface area contributed by atoms with Crippen LogP contribution in [-0.2, 0) is 6.42 Å². The third-order valence-electron chi connectivity index (χ3n) is 2.74. The second-order valence-corrected chi connectivity index (χ2v) is 4.41. The molecule has 0 aliphatic carbocycles. The van der Waals surface area contributed by atoms with Crippen molar-refractivity contribution in [1.82, 2.24) is 15.3 Å². The van der Waals surface area contributed by atoms with Crippen molar-refractivity contribution in [2.75, 3.05) is 6.54 Å². The van der Waals surface area contributed by atoms with Crippen molar-refractivity contribution in [2.24, 2.45) is 0 Å². The number of hydrogen-bond donors (Lipinski definition) is 1. The van der Waals surface area contributed by atoms with Crippen molar-refractivity contribution in [3.8, 4) is 0 Å². The third-order valence-corrected chi connectivity index (χ3v) is 2.74. The number of aryl methyl sites for hydroxylation is 1. The molecule has 0 aromatic carbocycles. The van der Waals surface area contributed by atoms with Crippen molar-refractivity contribution in [3.63, 3.8) is 0 Å². The summed E-state index contributed by atoms with van der Waals surface area (Å²) in [4.78, 5) is 8.79. The number of rotatable bonds is 6. The van der Waals surface area contributed by atoms with E-state index in [4.69, 9.17) is 4.42 Å². The topological polar surface area (TPSA) is 51.0 Å². The van der Waals surface area contributed by atoms with E-state index in [1.807, 2.05) is 31.5 Å². The fourth-order valence-electron chi connectivity index (χ4n) is 1.79. The summed E-state index contributed by atoms with van der Waals surface area (Å²) in [5, 5.41) is 3.46. The van der Waals surface area contributed by atoms with Gasteiger partial charge in [0, 0.05) is 18.8 Å². The summed E-state index contributed by atoms with van der Waals surface area (Å²) >= 11 is 0. The molecule has 2 heterocycles. The molecular formula is C14H19N3O. The first-order valence-electron chi connectivity index (χ1n) is 6.34. The molecule has 4 heteroatoms. The van der Waals surface area contributed by atoms with Gasteiger partial charge in [0.25, 0.3) is 0 Å². The van der Waals surface area contributed by atoms with Gasteiger partial charge in [-0.2, -0.15) is 0 Å². The first-order chi connectivity index (χ1) is 8.79. The lowest BCUT2D eigenvalue weighted by molar-refractivity contribution is 0.437. The Morgan fingerprint density at radius 2 is 2.11 bits per heavy atom. The maximum atomic E-state index is 5.39. The lowest BCUT2D eigenvalue weighted by Crippen LogP contribution is -2.25. The molecule has 0 saturated heterocycles. The smallest absolute Gasteiger partial charge is 0.145 e. The molecule has 18 heavy (non-hydrogen) atoms. The van der Waals surface area contributed by atoms with Gasteiger partial charge in [0.15, 0.2) is 0 Å². The van der Waals surface area contributed by atoms with E-state index in [1.54, 1.807) is 6.26 Å². The lowest BCUT2D eigenvalue weighted by Gasteiger charge is -2.15. The molecule has 1 unspecified atom stereocenters. The lowest BCUT2D eigenvalue weighted by atomic mass is 10.1. The van der Waals surface area contributed by atoms with E-state index in [0.29, 0.717) is 0 Å². The Kier molecular flexibility index (Phi) is 4.47. The molecule has 0 saturated carbocycles.